The first-order chi connectivity index (χ1) is 6.19. The van der Waals surface area contributed by atoms with Crippen molar-refractivity contribution in [3.63, 3.8) is 0 Å². The van der Waals surface area contributed by atoms with E-state index < -0.39 is 5.97 Å². The lowest BCUT2D eigenvalue weighted by Crippen LogP contribution is -1.96. The molecule has 0 fully saturated rings. The Hall–Kier alpha value is -1.83. The van der Waals surface area contributed by atoms with Crippen molar-refractivity contribution in [3.8, 4) is 0 Å². The molecule has 0 bridgehead atoms. The average molecular weight is 174 g/mol. The van der Waals surface area contributed by atoms with Gasteiger partial charge in [0.1, 0.15) is 0 Å². The second-order valence-corrected chi connectivity index (χ2v) is 2.56. The Kier molecular flexibility index (Phi) is 2.65. The maximum absolute atomic E-state index is 10.6. The summed E-state index contributed by atoms with van der Waals surface area (Å²) in [5.41, 5.74) is 1.94. The van der Waals surface area contributed by atoms with Gasteiger partial charge in [0.2, 0.25) is 0 Å². The molecule has 1 aromatic carbocycles. The van der Waals surface area contributed by atoms with Crippen molar-refractivity contribution >= 4 is 18.1 Å². The Morgan fingerprint density at radius 3 is 2.31 bits per heavy atom. The SMILES string of the molecule is C=Cc1ccc(C(=O)O)cc1C=C. The molecule has 0 aromatic heterocycles. The molecule has 1 N–H and O–H groups in total. The second kappa shape index (κ2) is 3.72. The summed E-state index contributed by atoms with van der Waals surface area (Å²) >= 11 is 0. The minimum atomic E-state index is -0.932. The van der Waals surface area contributed by atoms with Gasteiger partial charge >= 0.3 is 5.97 Å². The molecule has 0 amide bonds. The number of carbonyl (C=O) groups is 1. The average Bonchev–Trinajstić information content (AvgIpc) is 2.16. The summed E-state index contributed by atoms with van der Waals surface area (Å²) in [6.07, 6.45) is 3.28. The molecular formula is C11H10O2. The summed E-state index contributed by atoms with van der Waals surface area (Å²) in [6.45, 7) is 7.22. The van der Waals surface area contributed by atoms with Crippen LogP contribution in [-0.4, -0.2) is 11.1 Å². The van der Waals surface area contributed by atoms with Crippen LogP contribution in [0, 0.1) is 0 Å². The maximum Gasteiger partial charge on any atom is 0.335 e. The molecule has 0 saturated heterocycles. The van der Waals surface area contributed by atoms with E-state index >= 15 is 0 Å². The third kappa shape index (κ3) is 1.85. The number of benzene rings is 1. The molecule has 0 radical (unpaired) electrons. The number of carboxylic acid groups (broad SMARTS) is 1. The van der Waals surface area contributed by atoms with Crippen molar-refractivity contribution in [1.82, 2.24) is 0 Å². The largest absolute Gasteiger partial charge is 0.478 e. The fourth-order valence-electron chi connectivity index (χ4n) is 1.07. The van der Waals surface area contributed by atoms with E-state index in [1.807, 2.05) is 0 Å². The minimum absolute atomic E-state index is 0.264. The van der Waals surface area contributed by atoms with E-state index in [9.17, 15) is 4.79 Å². The van der Waals surface area contributed by atoms with E-state index in [0.29, 0.717) is 0 Å². The fraction of sp³-hybridized carbons (Fsp3) is 0. The van der Waals surface area contributed by atoms with Crippen LogP contribution in [0.1, 0.15) is 21.5 Å². The zero-order chi connectivity index (χ0) is 9.84. The Morgan fingerprint density at radius 1 is 1.23 bits per heavy atom. The van der Waals surface area contributed by atoms with E-state index in [0.717, 1.165) is 11.1 Å². The third-order valence-electron chi connectivity index (χ3n) is 1.77. The summed E-state index contributed by atoms with van der Waals surface area (Å²) in [6, 6.07) is 4.84. The molecule has 0 saturated carbocycles. The second-order valence-electron chi connectivity index (χ2n) is 2.56. The predicted octanol–water partition coefficient (Wildman–Crippen LogP) is 2.67. The van der Waals surface area contributed by atoms with Crippen LogP contribution in [-0.2, 0) is 0 Å². The highest BCUT2D eigenvalue weighted by Gasteiger charge is 2.03. The molecule has 0 spiro atoms. The zero-order valence-electron chi connectivity index (χ0n) is 7.16. The first-order valence-corrected chi connectivity index (χ1v) is 3.81. The number of rotatable bonds is 3. The monoisotopic (exact) mass is 174 g/mol. The lowest BCUT2D eigenvalue weighted by Gasteiger charge is -2.01. The molecule has 0 heterocycles. The molecule has 0 unspecified atom stereocenters. The summed E-state index contributed by atoms with van der Waals surface area (Å²) in [4.78, 5) is 10.6. The summed E-state index contributed by atoms with van der Waals surface area (Å²) in [5.74, 6) is -0.932. The van der Waals surface area contributed by atoms with E-state index in [1.165, 1.54) is 0 Å². The summed E-state index contributed by atoms with van der Waals surface area (Å²) in [5, 5.41) is 8.71. The number of aromatic carboxylic acids is 1. The highest BCUT2D eigenvalue weighted by atomic mass is 16.4. The number of hydrogen-bond donors (Lipinski definition) is 1. The Morgan fingerprint density at radius 2 is 1.85 bits per heavy atom. The van der Waals surface area contributed by atoms with Crippen molar-refractivity contribution in [2.45, 2.75) is 0 Å². The summed E-state index contributed by atoms with van der Waals surface area (Å²) < 4.78 is 0. The van der Waals surface area contributed by atoms with Gasteiger partial charge in [0, 0.05) is 0 Å². The molecule has 0 aliphatic carbocycles. The first kappa shape index (κ1) is 9.26. The van der Waals surface area contributed by atoms with Gasteiger partial charge in [-0.3, -0.25) is 0 Å². The van der Waals surface area contributed by atoms with Crippen molar-refractivity contribution in [2.75, 3.05) is 0 Å². The van der Waals surface area contributed by atoms with Crippen LogP contribution >= 0.6 is 0 Å². The van der Waals surface area contributed by atoms with E-state index in [2.05, 4.69) is 13.2 Å². The van der Waals surface area contributed by atoms with Crippen LogP contribution in [0.3, 0.4) is 0 Å². The molecule has 2 nitrogen and oxygen atoms in total. The van der Waals surface area contributed by atoms with Gasteiger partial charge in [0.25, 0.3) is 0 Å². The van der Waals surface area contributed by atoms with Crippen molar-refractivity contribution in [2.24, 2.45) is 0 Å². The van der Waals surface area contributed by atoms with Gasteiger partial charge < -0.3 is 5.11 Å². The molecule has 13 heavy (non-hydrogen) atoms. The van der Waals surface area contributed by atoms with Gasteiger partial charge in [-0.05, 0) is 23.3 Å². The lowest BCUT2D eigenvalue weighted by atomic mass is 10.0. The van der Waals surface area contributed by atoms with Crippen LogP contribution in [0.25, 0.3) is 12.2 Å². The van der Waals surface area contributed by atoms with Gasteiger partial charge in [-0.25, -0.2) is 4.79 Å². The highest BCUT2D eigenvalue weighted by Crippen LogP contribution is 2.14. The lowest BCUT2D eigenvalue weighted by molar-refractivity contribution is 0.0697. The van der Waals surface area contributed by atoms with E-state index in [4.69, 9.17) is 5.11 Å². The molecule has 2 heteroatoms. The Balaban J connectivity index is 3.28. The van der Waals surface area contributed by atoms with Crippen molar-refractivity contribution < 1.29 is 9.90 Å². The van der Waals surface area contributed by atoms with Crippen LogP contribution in [0.15, 0.2) is 31.4 Å². The van der Waals surface area contributed by atoms with Crippen molar-refractivity contribution in [1.29, 1.82) is 0 Å². The van der Waals surface area contributed by atoms with Crippen LogP contribution in [0.5, 0.6) is 0 Å². The van der Waals surface area contributed by atoms with Crippen molar-refractivity contribution in [3.05, 3.63) is 48.0 Å². The predicted molar refractivity (Wildman–Crippen MR) is 53.6 cm³/mol. The summed E-state index contributed by atoms with van der Waals surface area (Å²) in [7, 11) is 0. The van der Waals surface area contributed by atoms with Gasteiger partial charge in [-0.1, -0.05) is 31.4 Å². The maximum atomic E-state index is 10.6. The third-order valence-corrected chi connectivity index (χ3v) is 1.77. The topological polar surface area (TPSA) is 37.3 Å². The van der Waals surface area contributed by atoms with E-state index in [1.54, 1.807) is 30.4 Å². The molecule has 1 aromatic rings. The van der Waals surface area contributed by atoms with Gasteiger partial charge in [0.15, 0.2) is 0 Å². The number of carboxylic acids is 1. The highest BCUT2D eigenvalue weighted by molar-refractivity contribution is 5.89. The van der Waals surface area contributed by atoms with Crippen LogP contribution < -0.4 is 0 Å². The zero-order valence-corrected chi connectivity index (χ0v) is 7.16. The molecule has 0 aliphatic heterocycles. The standard InChI is InChI=1S/C11H10O2/c1-3-8-5-6-10(11(12)13)7-9(8)4-2/h3-7H,1-2H2,(H,12,13). The normalized spacial score (nSPS) is 9.23. The van der Waals surface area contributed by atoms with Crippen LogP contribution in [0.2, 0.25) is 0 Å². The molecule has 0 aliphatic rings. The smallest absolute Gasteiger partial charge is 0.335 e. The Labute approximate surface area is 76.8 Å². The quantitative estimate of drug-likeness (QED) is 0.764. The van der Waals surface area contributed by atoms with E-state index in [-0.39, 0.29) is 5.56 Å². The van der Waals surface area contributed by atoms with Gasteiger partial charge in [-0.2, -0.15) is 0 Å². The molecular weight excluding hydrogens is 164 g/mol. The number of hydrogen-bond acceptors (Lipinski definition) is 1. The van der Waals surface area contributed by atoms with Gasteiger partial charge in [-0.15, -0.1) is 0 Å². The minimum Gasteiger partial charge on any atom is -0.478 e. The molecule has 0 atom stereocenters. The first-order valence-electron chi connectivity index (χ1n) is 3.81. The molecule has 1 rings (SSSR count). The van der Waals surface area contributed by atoms with Gasteiger partial charge in [0.05, 0.1) is 5.56 Å². The fourth-order valence-corrected chi connectivity index (χ4v) is 1.07. The Bertz CT molecular complexity index is 364. The molecule has 66 valence electrons. The van der Waals surface area contributed by atoms with Crippen LogP contribution in [0.4, 0.5) is 0 Å².